The smallest absolute Gasteiger partial charge is 0.206 e. The van der Waals surface area contributed by atoms with E-state index in [-0.39, 0.29) is 0 Å². The number of hydrogen-bond donors (Lipinski definition) is 1. The van der Waals surface area contributed by atoms with Crippen LogP contribution >= 0.6 is 39.0 Å². The predicted octanol–water partition coefficient (Wildman–Crippen LogP) is 3.39. The van der Waals surface area contributed by atoms with Crippen molar-refractivity contribution >= 4 is 44.2 Å². The Morgan fingerprint density at radius 3 is 3.07 bits per heavy atom. The first-order chi connectivity index (χ1) is 7.29. The maximum Gasteiger partial charge on any atom is 0.206 e. The number of nitrogens with one attached hydrogen (secondary N) is 1. The monoisotopic (exact) mass is 307 g/mol. The van der Waals surface area contributed by atoms with E-state index in [1.165, 1.54) is 25.0 Å². The van der Waals surface area contributed by atoms with Crippen molar-refractivity contribution in [3.05, 3.63) is 3.92 Å². The molecule has 1 aromatic heterocycles. The first-order valence-corrected chi connectivity index (χ1v) is 7.82. The number of aromatic nitrogens is 2. The van der Waals surface area contributed by atoms with E-state index < -0.39 is 0 Å². The molecule has 1 N–H and O–H groups in total. The van der Waals surface area contributed by atoms with Gasteiger partial charge in [-0.1, -0.05) is 24.7 Å². The zero-order valence-electron chi connectivity index (χ0n) is 8.57. The zero-order chi connectivity index (χ0) is 10.7. The molecule has 1 saturated carbocycles. The second-order valence-electron chi connectivity index (χ2n) is 3.54. The van der Waals surface area contributed by atoms with Crippen LogP contribution in [-0.4, -0.2) is 27.2 Å². The van der Waals surface area contributed by atoms with Crippen LogP contribution in [0.15, 0.2) is 3.92 Å². The highest BCUT2D eigenvalue weighted by molar-refractivity contribution is 9.11. The van der Waals surface area contributed by atoms with Gasteiger partial charge in [-0.3, -0.25) is 0 Å². The number of rotatable bonds is 4. The molecule has 0 saturated heterocycles. The lowest BCUT2D eigenvalue weighted by Gasteiger charge is -2.18. The lowest BCUT2D eigenvalue weighted by molar-refractivity contribution is 0.763. The quantitative estimate of drug-likeness (QED) is 0.925. The van der Waals surface area contributed by atoms with Crippen LogP contribution in [0.2, 0.25) is 0 Å². The molecule has 0 amide bonds. The number of anilines is 1. The van der Waals surface area contributed by atoms with Crippen molar-refractivity contribution in [3.63, 3.8) is 0 Å². The van der Waals surface area contributed by atoms with Crippen molar-refractivity contribution in [1.82, 2.24) is 10.2 Å². The molecule has 3 nitrogen and oxygen atoms in total. The Bertz CT molecular complexity index is 318. The van der Waals surface area contributed by atoms with Gasteiger partial charge in [-0.25, -0.2) is 0 Å². The van der Waals surface area contributed by atoms with Gasteiger partial charge in [-0.2, -0.15) is 11.8 Å². The fraction of sp³-hybridized carbons (Fsp3) is 0.778. The minimum Gasteiger partial charge on any atom is -0.356 e. The van der Waals surface area contributed by atoms with Crippen LogP contribution in [0.4, 0.5) is 5.13 Å². The third kappa shape index (κ3) is 3.07. The number of halogens is 1. The van der Waals surface area contributed by atoms with Gasteiger partial charge in [0.25, 0.3) is 0 Å². The van der Waals surface area contributed by atoms with E-state index in [2.05, 4.69) is 50.1 Å². The van der Waals surface area contributed by atoms with E-state index in [9.17, 15) is 0 Å². The van der Waals surface area contributed by atoms with Crippen LogP contribution in [0.3, 0.4) is 0 Å². The third-order valence-corrected chi connectivity index (χ3v) is 5.16. The minimum absolute atomic E-state index is 0.579. The molecule has 0 bridgehead atoms. The van der Waals surface area contributed by atoms with Crippen molar-refractivity contribution in [3.8, 4) is 0 Å². The minimum atomic E-state index is 0.579. The molecule has 0 radical (unpaired) electrons. The third-order valence-electron chi connectivity index (χ3n) is 2.54. The molecule has 1 fully saturated rings. The standard InChI is InChI=1S/C9H14BrN3S2/c1-2-14-7-5-3-4-6(7)11-9-13-12-8(10)15-9/h6-7H,2-5H2,1H3,(H,11,13). The maximum atomic E-state index is 4.08. The summed E-state index contributed by atoms with van der Waals surface area (Å²) in [6.07, 6.45) is 3.92. The highest BCUT2D eigenvalue weighted by Gasteiger charge is 2.27. The molecule has 1 aromatic rings. The van der Waals surface area contributed by atoms with Crippen LogP contribution in [0.1, 0.15) is 26.2 Å². The van der Waals surface area contributed by atoms with E-state index in [1.54, 1.807) is 11.3 Å². The van der Waals surface area contributed by atoms with E-state index in [0.29, 0.717) is 6.04 Å². The zero-order valence-corrected chi connectivity index (χ0v) is 11.8. The van der Waals surface area contributed by atoms with Gasteiger partial charge in [0.2, 0.25) is 5.13 Å². The summed E-state index contributed by atoms with van der Waals surface area (Å²) in [6, 6.07) is 0.579. The number of thioether (sulfide) groups is 1. The van der Waals surface area contributed by atoms with Crippen LogP contribution in [0.25, 0.3) is 0 Å². The van der Waals surface area contributed by atoms with Crippen molar-refractivity contribution in [2.45, 2.75) is 37.5 Å². The van der Waals surface area contributed by atoms with Crippen LogP contribution in [0, 0.1) is 0 Å². The normalized spacial score (nSPS) is 25.7. The first-order valence-electron chi connectivity index (χ1n) is 5.16. The van der Waals surface area contributed by atoms with Gasteiger partial charge in [0.1, 0.15) is 0 Å². The number of nitrogens with zero attached hydrogens (tertiary/aromatic N) is 2. The van der Waals surface area contributed by atoms with E-state index in [0.717, 1.165) is 14.3 Å². The average Bonchev–Trinajstić information content (AvgIpc) is 2.78. The molecule has 0 aromatic carbocycles. The Kier molecular flexibility index (Phi) is 4.28. The molecule has 1 aliphatic carbocycles. The largest absolute Gasteiger partial charge is 0.356 e. The Labute approximate surface area is 107 Å². The lowest BCUT2D eigenvalue weighted by atomic mass is 10.2. The molecule has 84 valence electrons. The van der Waals surface area contributed by atoms with Gasteiger partial charge in [0.15, 0.2) is 3.92 Å². The van der Waals surface area contributed by atoms with Crippen LogP contribution < -0.4 is 5.32 Å². The molecule has 0 aliphatic heterocycles. The summed E-state index contributed by atoms with van der Waals surface area (Å²) < 4.78 is 0.850. The fourth-order valence-corrected chi connectivity index (χ4v) is 4.20. The lowest BCUT2D eigenvalue weighted by Crippen LogP contribution is -2.26. The summed E-state index contributed by atoms with van der Waals surface area (Å²) in [5.74, 6) is 1.20. The molecular weight excluding hydrogens is 294 g/mol. The van der Waals surface area contributed by atoms with Crippen molar-refractivity contribution in [2.24, 2.45) is 0 Å². The number of hydrogen-bond acceptors (Lipinski definition) is 5. The van der Waals surface area contributed by atoms with Gasteiger partial charge < -0.3 is 5.32 Å². The van der Waals surface area contributed by atoms with Gasteiger partial charge in [-0.15, -0.1) is 10.2 Å². The van der Waals surface area contributed by atoms with Crippen molar-refractivity contribution in [1.29, 1.82) is 0 Å². The van der Waals surface area contributed by atoms with Crippen molar-refractivity contribution < 1.29 is 0 Å². The Morgan fingerprint density at radius 1 is 1.53 bits per heavy atom. The SMILES string of the molecule is CCSC1CCCC1Nc1nnc(Br)s1. The molecule has 15 heavy (non-hydrogen) atoms. The van der Waals surface area contributed by atoms with Gasteiger partial charge in [0.05, 0.1) is 0 Å². The second kappa shape index (κ2) is 5.50. The summed E-state index contributed by atoms with van der Waals surface area (Å²) in [5, 5.41) is 13.2. The second-order valence-corrected chi connectivity index (χ2v) is 7.31. The average molecular weight is 308 g/mol. The molecule has 2 unspecified atom stereocenters. The molecule has 6 heteroatoms. The Morgan fingerprint density at radius 2 is 2.40 bits per heavy atom. The highest BCUT2D eigenvalue weighted by Crippen LogP contribution is 2.33. The van der Waals surface area contributed by atoms with E-state index in [4.69, 9.17) is 0 Å². The molecule has 2 rings (SSSR count). The molecular formula is C9H14BrN3S2. The summed E-state index contributed by atoms with van der Waals surface area (Å²) >= 11 is 6.95. The maximum absolute atomic E-state index is 4.08. The van der Waals surface area contributed by atoms with Gasteiger partial charge in [-0.05, 0) is 34.5 Å². The summed E-state index contributed by atoms with van der Waals surface area (Å²) in [6.45, 7) is 2.22. The molecule has 0 spiro atoms. The van der Waals surface area contributed by atoms with Gasteiger partial charge in [0, 0.05) is 11.3 Å². The summed E-state index contributed by atoms with van der Waals surface area (Å²) in [4.78, 5) is 0. The predicted molar refractivity (Wildman–Crippen MR) is 70.8 cm³/mol. The molecule has 2 atom stereocenters. The van der Waals surface area contributed by atoms with E-state index in [1.807, 2.05) is 0 Å². The van der Waals surface area contributed by atoms with Gasteiger partial charge >= 0.3 is 0 Å². The van der Waals surface area contributed by atoms with Crippen LogP contribution in [0.5, 0.6) is 0 Å². The fourth-order valence-electron chi connectivity index (χ4n) is 1.93. The molecule has 1 heterocycles. The highest BCUT2D eigenvalue weighted by atomic mass is 79.9. The van der Waals surface area contributed by atoms with Crippen LogP contribution in [-0.2, 0) is 0 Å². The Hall–Kier alpha value is 0.190. The Balaban J connectivity index is 1.93. The summed E-state index contributed by atoms with van der Waals surface area (Å²) in [7, 11) is 0. The topological polar surface area (TPSA) is 37.8 Å². The summed E-state index contributed by atoms with van der Waals surface area (Å²) in [5.41, 5.74) is 0. The van der Waals surface area contributed by atoms with E-state index >= 15 is 0 Å². The molecule has 1 aliphatic rings. The first kappa shape index (κ1) is 11.7. The van der Waals surface area contributed by atoms with Crippen molar-refractivity contribution in [2.75, 3.05) is 11.1 Å².